The largest absolute Gasteiger partial charge is 0.360 e. The topological polar surface area (TPSA) is 90.0 Å². The molecule has 0 saturated carbocycles. The standard InChI is InChI=1S/C30H37Cl2N7O/c1-4-6-12-38(5-2)17-21-9-7-8-13-39(21)30(40)22-16-26-23(15-24(22)32)29(34-18-33-26)35-19(3)28-36-25-11-10-20(31)14-27(25)37-28/h10-11,14-16,18-19,21H,4-9,12-13,17H2,1-3H3,(H,36,37)(H,33,34,35). The summed E-state index contributed by atoms with van der Waals surface area (Å²) in [5, 5.41) is 5.23. The van der Waals surface area contributed by atoms with Crippen molar-refractivity contribution in [2.45, 2.75) is 65.0 Å². The molecule has 4 aromatic rings. The molecule has 2 N–H and O–H groups in total. The minimum atomic E-state index is -0.173. The Morgan fingerprint density at radius 3 is 2.83 bits per heavy atom. The number of anilines is 1. The van der Waals surface area contributed by atoms with Gasteiger partial charge in [-0.2, -0.15) is 0 Å². The van der Waals surface area contributed by atoms with Crippen LogP contribution in [0.2, 0.25) is 10.0 Å². The van der Waals surface area contributed by atoms with Crippen molar-refractivity contribution in [3.8, 4) is 0 Å². The summed E-state index contributed by atoms with van der Waals surface area (Å²) in [5.41, 5.74) is 2.87. The number of fused-ring (bicyclic) bond motifs is 2. The maximum atomic E-state index is 13.9. The summed E-state index contributed by atoms with van der Waals surface area (Å²) >= 11 is 12.9. The highest BCUT2D eigenvalue weighted by Gasteiger charge is 2.30. The van der Waals surface area contributed by atoms with Crippen molar-refractivity contribution in [3.63, 3.8) is 0 Å². The number of aromatic nitrogens is 4. The smallest absolute Gasteiger partial charge is 0.255 e. The van der Waals surface area contributed by atoms with Crippen molar-refractivity contribution in [2.24, 2.45) is 0 Å². The van der Waals surface area contributed by atoms with E-state index in [1.807, 2.05) is 30.0 Å². The predicted molar refractivity (Wildman–Crippen MR) is 163 cm³/mol. The Kier molecular flexibility index (Phi) is 9.08. The van der Waals surface area contributed by atoms with E-state index in [9.17, 15) is 4.79 Å². The van der Waals surface area contributed by atoms with E-state index >= 15 is 0 Å². The third-order valence-electron chi connectivity index (χ3n) is 7.81. The summed E-state index contributed by atoms with van der Waals surface area (Å²) < 4.78 is 0. The van der Waals surface area contributed by atoms with Gasteiger partial charge in [-0.1, -0.05) is 43.5 Å². The number of imidazole rings is 1. The number of carbonyl (C=O) groups excluding carboxylic acids is 1. The Bertz CT molecular complexity index is 1490. The SMILES string of the molecule is CCCCN(CC)CC1CCCCN1C(=O)c1cc2ncnc(NC(C)c3nc4cc(Cl)ccc4[nH]3)c2cc1Cl. The minimum Gasteiger partial charge on any atom is -0.360 e. The molecule has 2 aromatic carbocycles. The highest BCUT2D eigenvalue weighted by molar-refractivity contribution is 6.35. The number of rotatable bonds is 10. The summed E-state index contributed by atoms with van der Waals surface area (Å²) in [6.45, 7) is 10.1. The van der Waals surface area contributed by atoms with Gasteiger partial charge in [-0.15, -0.1) is 0 Å². The van der Waals surface area contributed by atoms with Crippen molar-refractivity contribution >= 4 is 56.9 Å². The molecule has 40 heavy (non-hydrogen) atoms. The molecule has 0 spiro atoms. The molecule has 1 aliphatic rings. The van der Waals surface area contributed by atoms with E-state index in [1.165, 1.54) is 19.2 Å². The van der Waals surface area contributed by atoms with Crippen molar-refractivity contribution in [1.82, 2.24) is 29.7 Å². The molecule has 1 aliphatic heterocycles. The summed E-state index contributed by atoms with van der Waals surface area (Å²) in [5.74, 6) is 1.37. The van der Waals surface area contributed by atoms with Crippen LogP contribution in [0.5, 0.6) is 0 Å². The van der Waals surface area contributed by atoms with E-state index < -0.39 is 0 Å². The van der Waals surface area contributed by atoms with Gasteiger partial charge in [-0.3, -0.25) is 4.79 Å². The molecule has 0 radical (unpaired) electrons. The lowest BCUT2D eigenvalue weighted by molar-refractivity contribution is 0.0547. The van der Waals surface area contributed by atoms with E-state index in [2.05, 4.69) is 44.0 Å². The second kappa shape index (κ2) is 12.7. The minimum absolute atomic E-state index is 0.0226. The maximum absolute atomic E-state index is 13.9. The predicted octanol–water partition coefficient (Wildman–Crippen LogP) is 7.10. The van der Waals surface area contributed by atoms with E-state index in [-0.39, 0.29) is 18.0 Å². The molecule has 1 fully saturated rings. The van der Waals surface area contributed by atoms with Crippen molar-refractivity contribution in [1.29, 1.82) is 0 Å². The van der Waals surface area contributed by atoms with Gasteiger partial charge in [0.2, 0.25) is 0 Å². The fourth-order valence-electron chi connectivity index (χ4n) is 5.50. The number of carbonyl (C=O) groups is 1. The Morgan fingerprint density at radius 2 is 2.02 bits per heavy atom. The van der Waals surface area contributed by atoms with Crippen LogP contribution in [0.3, 0.4) is 0 Å². The number of halogens is 2. The number of benzene rings is 2. The van der Waals surface area contributed by atoms with Gasteiger partial charge in [0.05, 0.1) is 33.2 Å². The average molecular weight is 583 g/mol. The number of piperidine rings is 1. The maximum Gasteiger partial charge on any atom is 0.255 e. The lowest BCUT2D eigenvalue weighted by Gasteiger charge is -2.39. The van der Waals surface area contributed by atoms with Crippen LogP contribution in [0, 0.1) is 0 Å². The monoisotopic (exact) mass is 581 g/mol. The number of nitrogens with one attached hydrogen (secondary N) is 2. The van der Waals surface area contributed by atoms with Gasteiger partial charge in [0.1, 0.15) is 18.0 Å². The fraction of sp³-hybridized carbons (Fsp3) is 0.467. The summed E-state index contributed by atoms with van der Waals surface area (Å²) in [6.07, 6.45) is 7.02. The van der Waals surface area contributed by atoms with Crippen LogP contribution in [-0.2, 0) is 0 Å². The molecule has 1 amide bonds. The quantitative estimate of drug-likeness (QED) is 0.207. The van der Waals surface area contributed by atoms with Crippen LogP contribution in [0.25, 0.3) is 21.9 Å². The van der Waals surface area contributed by atoms with E-state index in [1.54, 1.807) is 12.1 Å². The van der Waals surface area contributed by atoms with Crippen LogP contribution in [-0.4, -0.2) is 67.9 Å². The van der Waals surface area contributed by atoms with Crippen LogP contribution >= 0.6 is 23.2 Å². The summed E-state index contributed by atoms with van der Waals surface area (Å²) in [7, 11) is 0. The number of unbranched alkanes of at least 4 members (excludes halogenated alkanes) is 1. The first-order valence-electron chi connectivity index (χ1n) is 14.3. The molecular formula is C30H37Cl2N7O. The first-order chi connectivity index (χ1) is 19.4. The number of hydrogen-bond donors (Lipinski definition) is 2. The Hall–Kier alpha value is -2.94. The highest BCUT2D eigenvalue weighted by atomic mass is 35.5. The van der Waals surface area contributed by atoms with E-state index in [4.69, 9.17) is 23.2 Å². The van der Waals surface area contributed by atoms with Crippen LogP contribution in [0.15, 0.2) is 36.7 Å². The molecule has 10 heteroatoms. The molecule has 0 aliphatic carbocycles. The molecule has 2 unspecified atom stereocenters. The van der Waals surface area contributed by atoms with E-state index in [0.29, 0.717) is 26.9 Å². The number of aromatic amines is 1. The number of likely N-dealkylation sites (tertiary alicyclic amines) is 1. The van der Waals surface area contributed by atoms with Gasteiger partial charge >= 0.3 is 0 Å². The van der Waals surface area contributed by atoms with Crippen LogP contribution in [0.1, 0.15) is 75.1 Å². The van der Waals surface area contributed by atoms with Crippen molar-refractivity contribution in [2.75, 3.05) is 31.5 Å². The zero-order valence-electron chi connectivity index (χ0n) is 23.4. The number of amides is 1. The first kappa shape index (κ1) is 28.6. The van der Waals surface area contributed by atoms with E-state index in [0.717, 1.165) is 67.7 Å². The van der Waals surface area contributed by atoms with Gasteiger partial charge in [-0.25, -0.2) is 15.0 Å². The zero-order chi connectivity index (χ0) is 28.2. The Morgan fingerprint density at radius 1 is 1.18 bits per heavy atom. The molecule has 8 nitrogen and oxygen atoms in total. The number of H-pyrrole nitrogens is 1. The van der Waals surface area contributed by atoms with Gasteiger partial charge in [-0.05, 0) is 76.0 Å². The molecular weight excluding hydrogens is 545 g/mol. The summed E-state index contributed by atoms with van der Waals surface area (Å²) in [6, 6.07) is 9.20. The molecule has 2 aromatic heterocycles. The molecule has 1 saturated heterocycles. The number of hydrogen-bond acceptors (Lipinski definition) is 6. The molecule has 0 bridgehead atoms. The Labute approximate surface area is 245 Å². The second-order valence-corrected chi connectivity index (χ2v) is 11.5. The number of nitrogens with zero attached hydrogens (tertiary/aromatic N) is 5. The van der Waals surface area contributed by atoms with Gasteiger partial charge in [0.25, 0.3) is 5.91 Å². The van der Waals surface area contributed by atoms with Crippen molar-refractivity contribution in [3.05, 3.63) is 58.1 Å². The van der Waals surface area contributed by atoms with Crippen LogP contribution < -0.4 is 5.32 Å². The molecule has 212 valence electrons. The van der Waals surface area contributed by atoms with Crippen molar-refractivity contribution < 1.29 is 4.79 Å². The second-order valence-electron chi connectivity index (χ2n) is 10.6. The fourth-order valence-corrected chi connectivity index (χ4v) is 5.91. The lowest BCUT2D eigenvalue weighted by atomic mass is 9.99. The first-order valence-corrected chi connectivity index (χ1v) is 15.0. The molecule has 5 rings (SSSR count). The summed E-state index contributed by atoms with van der Waals surface area (Å²) in [4.78, 5) is 35.3. The van der Waals surface area contributed by atoms with Gasteiger partial charge in [0, 0.05) is 29.5 Å². The van der Waals surface area contributed by atoms with Crippen LogP contribution in [0.4, 0.5) is 5.82 Å². The average Bonchev–Trinajstić information content (AvgIpc) is 3.38. The third kappa shape index (κ3) is 6.19. The zero-order valence-corrected chi connectivity index (χ0v) is 24.9. The Balaban J connectivity index is 1.38. The van der Waals surface area contributed by atoms with Gasteiger partial charge < -0.3 is 20.1 Å². The highest BCUT2D eigenvalue weighted by Crippen LogP contribution is 2.31. The molecule has 2 atom stereocenters. The lowest BCUT2D eigenvalue weighted by Crippen LogP contribution is -2.49. The number of likely N-dealkylation sites (N-methyl/N-ethyl adjacent to an activating group) is 1. The third-order valence-corrected chi connectivity index (χ3v) is 8.36. The molecule has 3 heterocycles. The normalized spacial score (nSPS) is 16.6. The van der Waals surface area contributed by atoms with Gasteiger partial charge in [0.15, 0.2) is 0 Å².